The molecule has 0 heterocycles. The molecule has 0 unspecified atom stereocenters. The molecule has 0 saturated heterocycles. The van der Waals surface area contributed by atoms with E-state index in [-0.39, 0.29) is 35.7 Å². The molecule has 0 amide bonds. The van der Waals surface area contributed by atoms with Crippen molar-refractivity contribution in [3.05, 3.63) is 168 Å². The topological polar surface area (TPSA) is 0 Å². The van der Waals surface area contributed by atoms with Gasteiger partial charge in [-0.2, -0.15) is 71.8 Å². The summed E-state index contributed by atoms with van der Waals surface area (Å²) in [6.07, 6.45) is 22.1. The summed E-state index contributed by atoms with van der Waals surface area (Å²) in [5, 5.41) is 0. The van der Waals surface area contributed by atoms with Gasteiger partial charge < -0.3 is 24.8 Å². The Balaban J connectivity index is 0.000000298. The van der Waals surface area contributed by atoms with Gasteiger partial charge in [0.1, 0.15) is 0 Å². The molecule has 4 aromatic rings. The van der Waals surface area contributed by atoms with E-state index < -0.39 is 0 Å². The van der Waals surface area contributed by atoms with Crippen molar-refractivity contribution in [3.63, 3.8) is 0 Å². The molecule has 46 heavy (non-hydrogen) atoms. The summed E-state index contributed by atoms with van der Waals surface area (Å²) >= 11 is 3.48. The van der Waals surface area contributed by atoms with Crippen molar-refractivity contribution in [2.24, 2.45) is 0 Å². The molecule has 0 aliphatic heterocycles. The summed E-state index contributed by atoms with van der Waals surface area (Å²) in [6, 6.07) is 36.2. The normalized spacial score (nSPS) is 12.0. The first-order valence-corrected chi connectivity index (χ1v) is 27.4. The van der Waals surface area contributed by atoms with Gasteiger partial charge in [-0.25, -0.2) is 24.3 Å². The zero-order chi connectivity index (χ0) is 31.6. The molecule has 0 fully saturated rings. The minimum atomic E-state index is 0. The molecule has 8 rings (SSSR count). The van der Waals surface area contributed by atoms with Crippen molar-refractivity contribution in [2.45, 2.75) is 51.9 Å². The van der Waals surface area contributed by atoms with Crippen molar-refractivity contribution in [3.8, 4) is 22.3 Å². The summed E-state index contributed by atoms with van der Waals surface area (Å²) < 4.78 is 0. The Morgan fingerprint density at radius 3 is 1.17 bits per heavy atom. The third-order valence-electron chi connectivity index (χ3n) is 6.40. The molecule has 4 aliphatic rings. The van der Waals surface area contributed by atoms with Crippen LogP contribution in [0.3, 0.4) is 0 Å². The average molecular weight is 830 g/mol. The Morgan fingerprint density at radius 1 is 0.522 bits per heavy atom. The van der Waals surface area contributed by atoms with E-state index in [2.05, 4.69) is 135 Å². The van der Waals surface area contributed by atoms with E-state index >= 15 is 0 Å². The minimum absolute atomic E-state index is 0. The molecule has 0 aromatic heterocycles. The van der Waals surface area contributed by atoms with Crippen LogP contribution >= 0.6 is 0 Å². The number of hydrogen-bond donors (Lipinski definition) is 0. The van der Waals surface area contributed by atoms with Gasteiger partial charge in [-0.1, -0.05) is 70.8 Å². The van der Waals surface area contributed by atoms with Crippen LogP contribution in [-0.2, 0) is 59.5 Å². The first-order valence-electron chi connectivity index (χ1n) is 15.0. The van der Waals surface area contributed by atoms with Crippen molar-refractivity contribution in [1.29, 1.82) is 0 Å². The van der Waals surface area contributed by atoms with Crippen LogP contribution < -0.4 is 24.8 Å². The molecule has 0 N–H and O–H groups in total. The van der Waals surface area contributed by atoms with Crippen molar-refractivity contribution in [2.75, 3.05) is 0 Å². The fourth-order valence-corrected chi connectivity index (χ4v) is 4.68. The molecular formula is C40H40Cl2Si2Zr2-2. The summed E-state index contributed by atoms with van der Waals surface area (Å²) in [4.78, 5) is 0. The Bertz CT molecular complexity index is 1420. The second-order valence-electron chi connectivity index (χ2n) is 10.8. The smallest absolute Gasteiger partial charge is 0.0253 e. The molecule has 4 aliphatic carbocycles. The fraction of sp³-hybridized carbons (Fsp3) is 0.200. The number of rotatable bonds is 0. The van der Waals surface area contributed by atoms with Gasteiger partial charge in [-0.15, -0.1) is 24.0 Å². The van der Waals surface area contributed by atoms with Gasteiger partial charge >= 0.3 is 83.7 Å². The summed E-state index contributed by atoms with van der Waals surface area (Å²) in [5.41, 5.74) is 11.4. The molecule has 0 spiro atoms. The van der Waals surface area contributed by atoms with Gasteiger partial charge in [-0.05, 0) is 12.8 Å². The van der Waals surface area contributed by atoms with Crippen LogP contribution in [0, 0.1) is 24.3 Å². The van der Waals surface area contributed by atoms with E-state index in [1.807, 2.05) is 36.4 Å². The molecule has 0 nitrogen and oxygen atoms in total. The van der Waals surface area contributed by atoms with Crippen LogP contribution in [-0.4, -0.2) is 10.9 Å². The predicted octanol–water partition coefficient (Wildman–Crippen LogP) is 4.30. The summed E-state index contributed by atoms with van der Waals surface area (Å²) in [7, 11) is 0. The number of hydrogen-bond acceptors (Lipinski definition) is 0. The van der Waals surface area contributed by atoms with Crippen LogP contribution in [0.2, 0.25) is 26.2 Å². The van der Waals surface area contributed by atoms with Gasteiger partial charge in [0.25, 0.3) is 0 Å². The van der Waals surface area contributed by atoms with E-state index in [0.717, 1.165) is 25.7 Å². The van der Waals surface area contributed by atoms with Crippen molar-refractivity contribution < 1.29 is 71.5 Å². The van der Waals surface area contributed by atoms with Gasteiger partial charge in [-0.3, -0.25) is 12.2 Å². The van der Waals surface area contributed by atoms with Gasteiger partial charge in [0.2, 0.25) is 0 Å². The predicted molar refractivity (Wildman–Crippen MR) is 185 cm³/mol. The molecule has 232 valence electrons. The van der Waals surface area contributed by atoms with E-state index in [1.165, 1.54) is 44.5 Å². The Labute approximate surface area is 321 Å². The van der Waals surface area contributed by atoms with Crippen LogP contribution in [0.1, 0.15) is 35.1 Å². The maximum atomic E-state index is 3.30. The largest absolute Gasteiger partial charge is 1.00 e. The maximum absolute atomic E-state index is 3.30. The number of halogens is 2. The molecule has 0 radical (unpaired) electrons. The quantitative estimate of drug-likeness (QED) is 0.159. The first-order chi connectivity index (χ1) is 21.4. The molecule has 0 atom stereocenters. The van der Waals surface area contributed by atoms with E-state index in [1.54, 1.807) is 46.7 Å². The molecule has 6 heteroatoms. The van der Waals surface area contributed by atoms with Crippen LogP contribution in [0.4, 0.5) is 0 Å². The van der Waals surface area contributed by atoms with Gasteiger partial charge in [0.05, 0.1) is 0 Å². The van der Waals surface area contributed by atoms with Crippen molar-refractivity contribution in [1.82, 2.24) is 0 Å². The van der Waals surface area contributed by atoms with E-state index in [9.17, 15) is 0 Å². The molecule has 4 aromatic carbocycles. The number of benzene rings is 4. The summed E-state index contributed by atoms with van der Waals surface area (Å²) in [5.74, 6) is 0. The summed E-state index contributed by atoms with van der Waals surface area (Å²) in [6.45, 7) is 9.23. The van der Waals surface area contributed by atoms with E-state index in [0.29, 0.717) is 0 Å². The SMILES string of the molecule is C[Si](C)=[Zr+2].C[Si](C)=[Zr+2].[C-]1=CC=CC1.[C-]1=CC=CC1.[Cl-].[Cl-].[c-]1cccc2c1Cc1ccccc1-2.[c-]1cccc2c1Cc1ccccc1-2. The van der Waals surface area contributed by atoms with Crippen molar-refractivity contribution >= 4 is 10.9 Å². The number of fused-ring (bicyclic) bond motifs is 6. The first kappa shape index (κ1) is 42.6. The zero-order valence-corrected chi connectivity index (χ0v) is 35.6. The molecular weight excluding hydrogens is 790 g/mol. The third-order valence-corrected chi connectivity index (χ3v) is 6.40. The average Bonchev–Trinajstić information content (AvgIpc) is 3.85. The second-order valence-corrected chi connectivity index (χ2v) is 29.5. The third kappa shape index (κ3) is 15.7. The zero-order valence-electron chi connectivity index (χ0n) is 27.1. The second kappa shape index (κ2) is 24.7. The Hall–Kier alpha value is -1.38. The maximum Gasteiger partial charge on any atom is -0.0253 e. The number of allylic oxidation sites excluding steroid dienone is 8. The standard InChI is InChI=1S/2C13H9.2C5H5.2C2H6Si.2ClH.2Zr/c2*1-3-7-12-10(5-1)9-11-6-2-4-8-13(11)12;2*1-2-4-5-3-1;2*1-3-2;;;;/h2*1-5,7-8H,9H2;2*1-3H,4H2;2*1-2H3;2*1H;;/q4*-1;;;;;2*+2/p-2. The van der Waals surface area contributed by atoms with Crippen LogP contribution in [0.5, 0.6) is 0 Å². The fourth-order valence-electron chi connectivity index (χ4n) is 4.68. The molecule has 0 bridgehead atoms. The minimum Gasteiger partial charge on any atom is -1.00 e. The van der Waals surface area contributed by atoms with Gasteiger partial charge in [0, 0.05) is 0 Å². The van der Waals surface area contributed by atoms with Crippen LogP contribution in [0.15, 0.2) is 121 Å². The molecule has 0 saturated carbocycles. The van der Waals surface area contributed by atoms with E-state index in [4.69, 9.17) is 0 Å². The monoisotopic (exact) mass is 826 g/mol. The Morgan fingerprint density at radius 2 is 0.870 bits per heavy atom. The van der Waals surface area contributed by atoms with Gasteiger partial charge in [0.15, 0.2) is 0 Å². The Kier molecular flexibility index (Phi) is 22.9. The van der Waals surface area contributed by atoms with Crippen LogP contribution in [0.25, 0.3) is 22.3 Å².